The summed E-state index contributed by atoms with van der Waals surface area (Å²) in [5, 5.41) is 9.12. The number of benzene rings is 1. The Hall–Kier alpha value is -2.92. The molecule has 1 aliphatic rings. The molecule has 144 valence electrons. The Bertz CT molecular complexity index is 968. The second-order valence-corrected chi connectivity index (χ2v) is 7.74. The molecule has 0 atom stereocenters. The Morgan fingerprint density at radius 3 is 2.52 bits per heavy atom. The van der Waals surface area contributed by atoms with Crippen LogP contribution in [-0.2, 0) is 27.8 Å². The van der Waals surface area contributed by atoms with Gasteiger partial charge in [0, 0.05) is 19.3 Å². The lowest BCUT2D eigenvalue weighted by Gasteiger charge is -2.27. The summed E-state index contributed by atoms with van der Waals surface area (Å²) in [7, 11) is -0.973. The van der Waals surface area contributed by atoms with E-state index < -0.39 is 22.0 Å². The highest BCUT2D eigenvalue weighted by molar-refractivity contribution is 7.89. The topological polar surface area (TPSA) is 123 Å². The SMILES string of the molecule is CNC(=O)Nc1ccc(S(=O)(=O)N2CCn3nc(C(=O)OC)cc3C2)cc1. The molecule has 0 unspecified atom stereocenters. The van der Waals surface area contributed by atoms with Crippen LogP contribution in [0.2, 0.25) is 0 Å². The van der Waals surface area contributed by atoms with Crippen LogP contribution in [0, 0.1) is 0 Å². The number of urea groups is 1. The van der Waals surface area contributed by atoms with E-state index in [1.807, 2.05) is 0 Å². The average molecular weight is 393 g/mol. The van der Waals surface area contributed by atoms with E-state index in [4.69, 9.17) is 0 Å². The minimum atomic E-state index is -3.72. The first-order valence-corrected chi connectivity index (χ1v) is 9.53. The lowest BCUT2D eigenvalue weighted by Crippen LogP contribution is -2.38. The number of esters is 1. The van der Waals surface area contributed by atoms with Crippen LogP contribution in [0.1, 0.15) is 16.2 Å². The molecule has 0 aliphatic carbocycles. The van der Waals surface area contributed by atoms with Gasteiger partial charge < -0.3 is 15.4 Å². The first-order chi connectivity index (χ1) is 12.8. The number of nitrogens with zero attached hydrogens (tertiary/aromatic N) is 3. The number of rotatable bonds is 4. The number of ether oxygens (including phenoxy) is 1. The summed E-state index contributed by atoms with van der Waals surface area (Å²) in [6, 6.07) is 7.05. The van der Waals surface area contributed by atoms with Gasteiger partial charge in [0.05, 0.1) is 30.8 Å². The molecule has 1 aliphatic heterocycles. The molecular weight excluding hydrogens is 374 g/mol. The van der Waals surface area contributed by atoms with Crippen LogP contribution in [-0.4, -0.2) is 55.2 Å². The van der Waals surface area contributed by atoms with Gasteiger partial charge in [0.1, 0.15) is 0 Å². The van der Waals surface area contributed by atoms with Gasteiger partial charge in [-0.25, -0.2) is 18.0 Å². The molecule has 0 spiro atoms. The highest BCUT2D eigenvalue weighted by atomic mass is 32.2. The standard InChI is InChI=1S/C16H19N5O5S/c1-17-16(23)18-11-3-5-13(6-4-11)27(24,25)20-7-8-21-12(10-20)9-14(19-21)15(22)26-2/h3-6,9H,7-8,10H2,1-2H3,(H2,17,18,23). The molecule has 2 N–H and O–H groups in total. The second kappa shape index (κ2) is 7.37. The van der Waals surface area contributed by atoms with Crippen LogP contribution in [0.4, 0.5) is 10.5 Å². The molecule has 0 bridgehead atoms. The van der Waals surface area contributed by atoms with Gasteiger partial charge in [-0.05, 0) is 30.3 Å². The van der Waals surface area contributed by atoms with Crippen molar-refractivity contribution in [3.63, 3.8) is 0 Å². The van der Waals surface area contributed by atoms with E-state index in [1.54, 1.807) is 4.68 Å². The van der Waals surface area contributed by atoms with Gasteiger partial charge in [-0.2, -0.15) is 9.40 Å². The maximum Gasteiger partial charge on any atom is 0.358 e. The molecule has 0 fully saturated rings. The summed E-state index contributed by atoms with van der Waals surface area (Å²) in [4.78, 5) is 23.0. The number of aromatic nitrogens is 2. The van der Waals surface area contributed by atoms with E-state index in [9.17, 15) is 18.0 Å². The van der Waals surface area contributed by atoms with Crippen molar-refractivity contribution >= 4 is 27.7 Å². The smallest absolute Gasteiger partial charge is 0.358 e. The zero-order chi connectivity index (χ0) is 19.6. The Balaban J connectivity index is 1.78. The molecule has 3 rings (SSSR count). The maximum absolute atomic E-state index is 12.9. The van der Waals surface area contributed by atoms with Gasteiger partial charge >= 0.3 is 12.0 Å². The number of hydrogen-bond donors (Lipinski definition) is 2. The van der Waals surface area contributed by atoms with Gasteiger partial charge in [-0.15, -0.1) is 0 Å². The quantitative estimate of drug-likeness (QED) is 0.735. The van der Waals surface area contributed by atoms with Crippen LogP contribution in [0.25, 0.3) is 0 Å². The number of fused-ring (bicyclic) bond motifs is 1. The molecule has 2 amide bonds. The van der Waals surface area contributed by atoms with Gasteiger partial charge in [-0.1, -0.05) is 0 Å². The Labute approximate surface area is 156 Å². The molecule has 2 aromatic rings. The highest BCUT2D eigenvalue weighted by Gasteiger charge is 2.30. The molecule has 1 aromatic carbocycles. The molecule has 10 nitrogen and oxygen atoms in total. The second-order valence-electron chi connectivity index (χ2n) is 5.80. The third-order valence-corrected chi connectivity index (χ3v) is 5.99. The fourth-order valence-corrected chi connectivity index (χ4v) is 4.11. The van der Waals surface area contributed by atoms with Gasteiger partial charge in [-0.3, -0.25) is 4.68 Å². The summed E-state index contributed by atoms with van der Waals surface area (Å²) in [5.74, 6) is -0.564. The Morgan fingerprint density at radius 2 is 1.89 bits per heavy atom. The van der Waals surface area contributed by atoms with E-state index >= 15 is 0 Å². The van der Waals surface area contributed by atoms with Crippen LogP contribution >= 0.6 is 0 Å². The van der Waals surface area contributed by atoms with Crippen LogP contribution in [0.15, 0.2) is 35.2 Å². The number of amides is 2. The fraction of sp³-hybridized carbons (Fsp3) is 0.312. The van der Waals surface area contributed by atoms with E-state index in [0.29, 0.717) is 17.9 Å². The average Bonchev–Trinajstić information content (AvgIpc) is 3.11. The molecule has 1 aromatic heterocycles. The zero-order valence-electron chi connectivity index (χ0n) is 14.8. The lowest BCUT2D eigenvalue weighted by molar-refractivity contribution is 0.0593. The van der Waals surface area contributed by atoms with Crippen molar-refractivity contribution in [1.29, 1.82) is 0 Å². The van der Waals surface area contributed by atoms with Crippen molar-refractivity contribution < 1.29 is 22.7 Å². The van der Waals surface area contributed by atoms with Crippen molar-refractivity contribution in [1.82, 2.24) is 19.4 Å². The minimum Gasteiger partial charge on any atom is -0.464 e. The Morgan fingerprint density at radius 1 is 1.19 bits per heavy atom. The number of sulfonamides is 1. The zero-order valence-corrected chi connectivity index (χ0v) is 15.6. The number of methoxy groups -OCH3 is 1. The van der Waals surface area contributed by atoms with Crippen molar-refractivity contribution in [3.8, 4) is 0 Å². The Kier molecular flexibility index (Phi) is 5.15. The van der Waals surface area contributed by atoms with E-state index in [-0.39, 0.29) is 23.7 Å². The van der Waals surface area contributed by atoms with Gasteiger partial charge in [0.25, 0.3) is 0 Å². The van der Waals surface area contributed by atoms with E-state index in [0.717, 1.165) is 0 Å². The largest absolute Gasteiger partial charge is 0.464 e. The lowest BCUT2D eigenvalue weighted by atomic mass is 10.3. The molecule has 0 radical (unpaired) electrons. The predicted octanol–water partition coefficient (Wildman–Crippen LogP) is 0.625. The fourth-order valence-electron chi connectivity index (χ4n) is 2.70. The van der Waals surface area contributed by atoms with E-state index in [2.05, 4.69) is 20.5 Å². The molecule has 27 heavy (non-hydrogen) atoms. The third-order valence-electron chi connectivity index (χ3n) is 4.13. The first-order valence-electron chi connectivity index (χ1n) is 8.09. The molecule has 11 heteroatoms. The van der Waals surface area contributed by atoms with Crippen LogP contribution in [0.3, 0.4) is 0 Å². The number of nitrogens with one attached hydrogen (secondary N) is 2. The van der Waals surface area contributed by atoms with Gasteiger partial charge in [0.2, 0.25) is 10.0 Å². The number of carbonyl (C=O) groups is 2. The number of carbonyl (C=O) groups excluding carboxylic acids is 2. The molecule has 0 saturated carbocycles. The number of hydrogen-bond acceptors (Lipinski definition) is 6. The minimum absolute atomic E-state index is 0.102. The van der Waals surface area contributed by atoms with Crippen LogP contribution in [0.5, 0.6) is 0 Å². The van der Waals surface area contributed by atoms with Gasteiger partial charge in [0.15, 0.2) is 5.69 Å². The van der Waals surface area contributed by atoms with Crippen molar-refractivity contribution in [2.45, 2.75) is 18.0 Å². The number of anilines is 1. The summed E-state index contributed by atoms with van der Waals surface area (Å²) in [6.45, 7) is 0.669. The van der Waals surface area contributed by atoms with Crippen molar-refractivity contribution in [3.05, 3.63) is 41.7 Å². The predicted molar refractivity (Wildman–Crippen MR) is 95.7 cm³/mol. The molecule has 2 heterocycles. The summed E-state index contributed by atoms with van der Waals surface area (Å²) >= 11 is 0. The van der Waals surface area contributed by atoms with Crippen molar-refractivity contribution in [2.75, 3.05) is 26.0 Å². The molecule has 0 saturated heterocycles. The monoisotopic (exact) mass is 393 g/mol. The summed E-state index contributed by atoms with van der Waals surface area (Å²) < 4.78 is 33.4. The van der Waals surface area contributed by atoms with Crippen molar-refractivity contribution in [2.24, 2.45) is 0 Å². The van der Waals surface area contributed by atoms with E-state index in [1.165, 1.54) is 48.8 Å². The maximum atomic E-state index is 12.9. The first kappa shape index (κ1) is 18.9. The third kappa shape index (κ3) is 3.78. The normalized spacial score (nSPS) is 14.3. The highest BCUT2D eigenvalue weighted by Crippen LogP contribution is 2.23. The summed E-state index contributed by atoms with van der Waals surface area (Å²) in [6.07, 6.45) is 0. The van der Waals surface area contributed by atoms with Crippen LogP contribution < -0.4 is 10.6 Å². The summed E-state index contributed by atoms with van der Waals surface area (Å²) in [5.41, 5.74) is 1.24. The molecular formula is C16H19N5O5S.